The topological polar surface area (TPSA) is 66.5 Å². The molecule has 6 heteroatoms. The van der Waals surface area contributed by atoms with Crippen LogP contribution in [0.4, 0.5) is 0 Å². The molecule has 0 saturated carbocycles. The van der Waals surface area contributed by atoms with Crippen molar-refractivity contribution >= 4 is 23.0 Å². The Bertz CT molecular complexity index is 654. The maximum atomic E-state index is 5.97. The van der Waals surface area contributed by atoms with Gasteiger partial charge in [-0.25, -0.2) is 5.01 Å². The molecule has 3 rings (SSSR count). The Balaban J connectivity index is 2.02. The lowest BCUT2D eigenvalue weighted by Crippen LogP contribution is -2.48. The Kier molecular flexibility index (Phi) is 5.51. The molecular weight excluding hydrogens is 318 g/mol. The third-order valence-corrected chi connectivity index (χ3v) is 4.19. The number of nitrogens with two attached hydrogens (primary N) is 1. The molecule has 1 aliphatic heterocycles. The number of rotatable bonds is 4. The van der Waals surface area contributed by atoms with Gasteiger partial charge in [-0.15, -0.1) is 0 Å². The fourth-order valence-corrected chi connectivity index (χ4v) is 3.01. The van der Waals surface area contributed by atoms with E-state index in [1.807, 2.05) is 48.5 Å². The summed E-state index contributed by atoms with van der Waals surface area (Å²) in [6, 6.07) is 15.9. The van der Waals surface area contributed by atoms with Crippen LogP contribution in [0.1, 0.15) is 24.1 Å². The fourth-order valence-electron chi connectivity index (χ4n) is 2.82. The van der Waals surface area contributed by atoms with Gasteiger partial charge in [0.25, 0.3) is 0 Å². The molecule has 1 fully saturated rings. The van der Waals surface area contributed by atoms with Crippen LogP contribution < -0.4 is 11.1 Å². The molecule has 0 amide bonds. The van der Waals surface area contributed by atoms with Crippen LogP contribution in [0.5, 0.6) is 0 Å². The van der Waals surface area contributed by atoms with Crippen LogP contribution in [0.25, 0.3) is 0 Å². The molecule has 2 aromatic rings. The summed E-state index contributed by atoms with van der Waals surface area (Å²) in [5.74, 6) is 0. The van der Waals surface area contributed by atoms with Gasteiger partial charge in [-0.2, -0.15) is 5.10 Å². The number of piperidine rings is 1. The molecule has 0 spiro atoms. The zero-order valence-electron chi connectivity index (χ0n) is 13.4. The Morgan fingerprint density at radius 1 is 1.21 bits per heavy atom. The highest BCUT2D eigenvalue weighted by Crippen LogP contribution is 2.15. The number of nitrogens with zero attached hydrogens (tertiary/aromatic N) is 3. The minimum Gasteiger partial charge on any atom is -0.375 e. The lowest BCUT2D eigenvalue weighted by molar-refractivity contribution is 0.267. The van der Waals surface area contributed by atoms with E-state index in [1.54, 1.807) is 11.2 Å². The molecule has 0 bridgehead atoms. The van der Waals surface area contributed by atoms with Crippen LogP contribution in [0.2, 0.25) is 0 Å². The zero-order valence-corrected chi connectivity index (χ0v) is 14.2. The molecule has 1 aromatic carbocycles. The van der Waals surface area contributed by atoms with E-state index in [1.165, 1.54) is 0 Å². The van der Waals surface area contributed by atoms with Crippen molar-refractivity contribution in [3.8, 4) is 0 Å². The molecule has 3 N–H and O–H groups in total. The van der Waals surface area contributed by atoms with Gasteiger partial charge in [-0.05, 0) is 43.7 Å². The lowest BCUT2D eigenvalue weighted by atomic mass is 10.1. The van der Waals surface area contributed by atoms with Crippen molar-refractivity contribution in [2.75, 3.05) is 13.1 Å². The molecule has 124 valence electrons. The second-order valence-electron chi connectivity index (χ2n) is 5.71. The van der Waals surface area contributed by atoms with Crippen molar-refractivity contribution in [2.45, 2.75) is 18.9 Å². The first-order valence-corrected chi connectivity index (χ1v) is 8.51. The number of hydrogen-bond acceptors (Lipinski definition) is 4. The summed E-state index contributed by atoms with van der Waals surface area (Å²) in [4.78, 5) is 4.46. The highest BCUT2D eigenvalue weighted by molar-refractivity contribution is 7.80. The van der Waals surface area contributed by atoms with Gasteiger partial charge < -0.3 is 11.1 Å². The largest absolute Gasteiger partial charge is 0.375 e. The lowest BCUT2D eigenvalue weighted by Gasteiger charge is -2.31. The average molecular weight is 339 g/mol. The number of nitrogens with one attached hydrogen (secondary N) is 1. The van der Waals surface area contributed by atoms with E-state index in [-0.39, 0.29) is 11.2 Å². The standard InChI is InChI=1S/C18H21N5S/c19-18(24)23(15-9-6-11-20-13-15)22-17(14-7-2-1-3-8-14)16-10-4-5-12-21-16/h1-5,7-8,10,12,15,20H,6,9,11,13H2,(H2,19,24). The molecular formula is C18H21N5S. The van der Waals surface area contributed by atoms with E-state index >= 15 is 0 Å². The Morgan fingerprint density at radius 3 is 2.62 bits per heavy atom. The van der Waals surface area contributed by atoms with E-state index < -0.39 is 0 Å². The van der Waals surface area contributed by atoms with Crippen molar-refractivity contribution in [3.63, 3.8) is 0 Å². The molecule has 1 atom stereocenters. The maximum Gasteiger partial charge on any atom is 0.187 e. The normalized spacial score (nSPS) is 18.2. The minimum atomic E-state index is 0.165. The third-order valence-electron chi connectivity index (χ3n) is 4.01. The summed E-state index contributed by atoms with van der Waals surface area (Å²) in [7, 11) is 0. The molecule has 2 heterocycles. The number of pyridine rings is 1. The van der Waals surface area contributed by atoms with Crippen LogP contribution in [0, 0.1) is 0 Å². The van der Waals surface area contributed by atoms with E-state index in [0.29, 0.717) is 0 Å². The third kappa shape index (κ3) is 3.96. The first kappa shape index (κ1) is 16.5. The van der Waals surface area contributed by atoms with E-state index in [4.69, 9.17) is 23.1 Å². The number of aromatic nitrogens is 1. The second-order valence-corrected chi connectivity index (χ2v) is 6.13. The second kappa shape index (κ2) is 7.99. The minimum absolute atomic E-state index is 0.165. The van der Waals surface area contributed by atoms with Gasteiger partial charge in [0.15, 0.2) is 5.11 Å². The van der Waals surface area contributed by atoms with Crippen LogP contribution in [0.15, 0.2) is 59.8 Å². The van der Waals surface area contributed by atoms with Crippen LogP contribution in [0.3, 0.4) is 0 Å². The van der Waals surface area contributed by atoms with Gasteiger partial charge in [-0.3, -0.25) is 4.98 Å². The first-order valence-electron chi connectivity index (χ1n) is 8.10. The quantitative estimate of drug-likeness (QED) is 0.507. The fraction of sp³-hybridized carbons (Fsp3) is 0.278. The molecule has 5 nitrogen and oxygen atoms in total. The summed E-state index contributed by atoms with van der Waals surface area (Å²) >= 11 is 5.26. The summed E-state index contributed by atoms with van der Waals surface area (Å²) in [5.41, 5.74) is 8.53. The monoisotopic (exact) mass is 339 g/mol. The number of hydrazone groups is 1. The predicted octanol–water partition coefficient (Wildman–Crippen LogP) is 2.13. The summed E-state index contributed by atoms with van der Waals surface area (Å²) in [6.07, 6.45) is 3.86. The van der Waals surface area contributed by atoms with Gasteiger partial charge in [-0.1, -0.05) is 36.4 Å². The van der Waals surface area contributed by atoms with Crippen LogP contribution in [-0.4, -0.2) is 39.9 Å². The Hall–Kier alpha value is -2.31. The highest BCUT2D eigenvalue weighted by atomic mass is 32.1. The van der Waals surface area contributed by atoms with Gasteiger partial charge in [0.2, 0.25) is 0 Å². The van der Waals surface area contributed by atoms with Gasteiger partial charge in [0, 0.05) is 18.3 Å². The molecule has 0 aliphatic carbocycles. The van der Waals surface area contributed by atoms with Crippen molar-refractivity contribution in [3.05, 3.63) is 66.0 Å². The number of benzene rings is 1. The molecule has 1 aliphatic rings. The van der Waals surface area contributed by atoms with E-state index in [9.17, 15) is 0 Å². The number of hydrogen-bond donors (Lipinski definition) is 2. The number of thiocarbonyl (C=S) groups is 1. The molecule has 1 saturated heterocycles. The molecule has 1 aromatic heterocycles. The highest BCUT2D eigenvalue weighted by Gasteiger charge is 2.23. The van der Waals surface area contributed by atoms with Crippen molar-refractivity contribution in [2.24, 2.45) is 10.8 Å². The van der Waals surface area contributed by atoms with Crippen LogP contribution >= 0.6 is 12.2 Å². The van der Waals surface area contributed by atoms with Crippen molar-refractivity contribution in [1.82, 2.24) is 15.3 Å². The Morgan fingerprint density at radius 2 is 2.00 bits per heavy atom. The SMILES string of the molecule is NC(=S)N(N=C(c1ccccc1)c1ccccn1)C1CCCNC1. The van der Waals surface area contributed by atoms with Gasteiger partial charge >= 0.3 is 0 Å². The zero-order chi connectivity index (χ0) is 16.8. The van der Waals surface area contributed by atoms with Crippen molar-refractivity contribution in [1.29, 1.82) is 0 Å². The van der Waals surface area contributed by atoms with E-state index in [2.05, 4.69) is 10.3 Å². The van der Waals surface area contributed by atoms with Crippen LogP contribution in [-0.2, 0) is 0 Å². The van der Waals surface area contributed by atoms with Gasteiger partial charge in [0.05, 0.1) is 11.7 Å². The summed E-state index contributed by atoms with van der Waals surface area (Å²) in [5, 5.41) is 10.2. The molecule has 0 radical (unpaired) electrons. The summed E-state index contributed by atoms with van der Waals surface area (Å²) in [6.45, 7) is 1.85. The first-order chi connectivity index (χ1) is 11.8. The summed E-state index contributed by atoms with van der Waals surface area (Å²) < 4.78 is 0. The van der Waals surface area contributed by atoms with Gasteiger partial charge in [0.1, 0.15) is 5.71 Å². The predicted molar refractivity (Wildman–Crippen MR) is 101 cm³/mol. The molecule has 24 heavy (non-hydrogen) atoms. The smallest absolute Gasteiger partial charge is 0.187 e. The average Bonchev–Trinajstić information content (AvgIpc) is 2.64. The molecule has 1 unspecified atom stereocenters. The maximum absolute atomic E-state index is 5.97. The van der Waals surface area contributed by atoms with E-state index in [0.717, 1.165) is 42.9 Å². The van der Waals surface area contributed by atoms with Crippen molar-refractivity contribution < 1.29 is 0 Å². The Labute approximate surface area is 147 Å².